The smallest absolute Gasteiger partial charge is 0.251 e. The molecule has 1 atom stereocenters. The predicted molar refractivity (Wildman–Crippen MR) is 112 cm³/mol. The summed E-state index contributed by atoms with van der Waals surface area (Å²) in [4.78, 5) is 26.9. The predicted octanol–water partition coefficient (Wildman–Crippen LogP) is 4.10. The van der Waals surface area contributed by atoms with Gasteiger partial charge in [0.25, 0.3) is 5.91 Å². The van der Waals surface area contributed by atoms with Crippen LogP contribution in [0.2, 0.25) is 10.0 Å². The number of hydrogen-bond acceptors (Lipinski definition) is 4. The number of carbonyl (C=O) groups excluding carboxylic acids is 2. The first-order chi connectivity index (χ1) is 13.9. The summed E-state index contributed by atoms with van der Waals surface area (Å²) in [5, 5.41) is 3.31. The van der Waals surface area contributed by atoms with Gasteiger partial charge in [-0.2, -0.15) is 0 Å². The number of hydrogen-bond donors (Lipinski definition) is 1. The Labute approximate surface area is 179 Å². The van der Waals surface area contributed by atoms with Crippen molar-refractivity contribution in [3.05, 3.63) is 57.6 Å². The second-order valence-corrected chi connectivity index (χ2v) is 7.48. The van der Waals surface area contributed by atoms with Crippen molar-refractivity contribution >= 4 is 35.0 Å². The highest BCUT2D eigenvalue weighted by molar-refractivity contribution is 6.42. The van der Waals surface area contributed by atoms with Crippen LogP contribution in [0.25, 0.3) is 0 Å². The van der Waals surface area contributed by atoms with Crippen molar-refractivity contribution in [1.29, 1.82) is 0 Å². The van der Waals surface area contributed by atoms with Crippen LogP contribution in [0.3, 0.4) is 0 Å². The fourth-order valence-corrected chi connectivity index (χ4v) is 3.78. The summed E-state index contributed by atoms with van der Waals surface area (Å²) in [7, 11) is 3.19. The largest absolute Gasteiger partial charge is 0.497 e. The fourth-order valence-electron chi connectivity index (χ4n) is 3.48. The molecule has 1 heterocycles. The zero-order valence-electron chi connectivity index (χ0n) is 16.2. The topological polar surface area (TPSA) is 67.9 Å². The normalized spacial score (nSPS) is 15.9. The van der Waals surface area contributed by atoms with Gasteiger partial charge >= 0.3 is 0 Å². The van der Waals surface area contributed by atoms with Gasteiger partial charge in [-0.05, 0) is 43.2 Å². The Hall–Kier alpha value is -2.44. The summed E-state index contributed by atoms with van der Waals surface area (Å²) in [5.41, 5.74) is 1.27. The lowest BCUT2D eigenvalue weighted by molar-refractivity contribution is -0.131. The number of amides is 2. The molecule has 0 spiro atoms. The van der Waals surface area contributed by atoms with Crippen LogP contribution in [0.15, 0.2) is 36.4 Å². The van der Waals surface area contributed by atoms with Crippen LogP contribution in [0.5, 0.6) is 11.5 Å². The van der Waals surface area contributed by atoms with Crippen molar-refractivity contribution in [1.82, 2.24) is 10.2 Å². The summed E-state index contributed by atoms with van der Waals surface area (Å²) in [6.45, 7) is 0.523. The highest BCUT2D eigenvalue weighted by Crippen LogP contribution is 2.38. The Morgan fingerprint density at radius 3 is 2.59 bits per heavy atom. The first-order valence-electron chi connectivity index (χ1n) is 9.19. The lowest BCUT2D eigenvalue weighted by atomic mass is 10.0. The number of likely N-dealkylation sites (tertiary alicyclic amines) is 1. The maximum absolute atomic E-state index is 12.8. The van der Waals surface area contributed by atoms with Crippen LogP contribution >= 0.6 is 23.2 Å². The van der Waals surface area contributed by atoms with Gasteiger partial charge in [0, 0.05) is 23.7 Å². The summed E-state index contributed by atoms with van der Waals surface area (Å²) in [5.74, 6) is 0.831. The van der Waals surface area contributed by atoms with Gasteiger partial charge in [-0.25, -0.2) is 0 Å². The zero-order valence-corrected chi connectivity index (χ0v) is 17.7. The average Bonchev–Trinajstić information content (AvgIpc) is 3.22. The van der Waals surface area contributed by atoms with E-state index in [9.17, 15) is 9.59 Å². The second-order valence-electron chi connectivity index (χ2n) is 6.66. The molecule has 2 aromatic rings. The Balaban J connectivity index is 1.68. The molecule has 154 valence electrons. The third kappa shape index (κ3) is 4.77. The second kappa shape index (κ2) is 9.37. The third-order valence-electron chi connectivity index (χ3n) is 4.95. The van der Waals surface area contributed by atoms with E-state index in [1.807, 2.05) is 18.2 Å². The number of halogens is 2. The minimum Gasteiger partial charge on any atom is -0.497 e. The van der Waals surface area contributed by atoms with E-state index in [-0.39, 0.29) is 29.4 Å². The maximum Gasteiger partial charge on any atom is 0.251 e. The van der Waals surface area contributed by atoms with Gasteiger partial charge in [0.05, 0.1) is 36.9 Å². The fraction of sp³-hybridized carbons (Fsp3) is 0.333. The van der Waals surface area contributed by atoms with Gasteiger partial charge in [-0.1, -0.05) is 23.2 Å². The molecular weight excluding hydrogens is 415 g/mol. The van der Waals surface area contributed by atoms with E-state index in [2.05, 4.69) is 5.32 Å². The van der Waals surface area contributed by atoms with Crippen LogP contribution in [-0.4, -0.2) is 44.0 Å². The highest BCUT2D eigenvalue weighted by atomic mass is 35.5. The van der Waals surface area contributed by atoms with E-state index >= 15 is 0 Å². The molecule has 8 heteroatoms. The van der Waals surface area contributed by atoms with Crippen LogP contribution in [0.1, 0.15) is 34.8 Å². The lowest BCUT2D eigenvalue weighted by Gasteiger charge is -2.26. The van der Waals surface area contributed by atoms with E-state index in [4.69, 9.17) is 32.7 Å². The molecular formula is C21H22Cl2N2O4. The van der Waals surface area contributed by atoms with E-state index in [1.165, 1.54) is 6.07 Å². The van der Waals surface area contributed by atoms with Crippen molar-refractivity contribution in [2.75, 3.05) is 27.3 Å². The SMILES string of the molecule is COc1ccc([C@@H]2CCCN2C(=O)CNC(=O)c2ccc(Cl)c(Cl)c2)c(OC)c1. The Bertz CT molecular complexity index is 920. The maximum atomic E-state index is 12.8. The molecule has 2 amide bonds. The van der Waals surface area contributed by atoms with Crippen molar-refractivity contribution < 1.29 is 19.1 Å². The minimum absolute atomic E-state index is 0.103. The van der Waals surface area contributed by atoms with Crippen molar-refractivity contribution in [3.63, 3.8) is 0 Å². The molecule has 1 N–H and O–H groups in total. The molecule has 0 saturated carbocycles. The summed E-state index contributed by atoms with van der Waals surface area (Å²) < 4.78 is 10.7. The standard InChI is InChI=1S/C21H22Cl2N2O4/c1-28-14-6-7-15(19(11-14)29-2)18-4-3-9-25(18)20(26)12-24-21(27)13-5-8-16(22)17(23)10-13/h5-8,10-11,18H,3-4,9,12H2,1-2H3,(H,24,27)/t18-/m0/s1. The van der Waals surface area contributed by atoms with Gasteiger partial charge < -0.3 is 19.7 Å². The van der Waals surface area contributed by atoms with E-state index in [1.54, 1.807) is 31.3 Å². The van der Waals surface area contributed by atoms with Crippen molar-refractivity contribution in [3.8, 4) is 11.5 Å². The number of methoxy groups -OCH3 is 2. The van der Waals surface area contributed by atoms with Crippen LogP contribution in [-0.2, 0) is 4.79 Å². The Morgan fingerprint density at radius 1 is 1.10 bits per heavy atom. The van der Waals surface area contributed by atoms with Crippen LogP contribution in [0, 0.1) is 0 Å². The molecule has 1 aliphatic heterocycles. The summed E-state index contributed by atoms with van der Waals surface area (Å²) >= 11 is 11.8. The van der Waals surface area contributed by atoms with Gasteiger partial charge in [-0.15, -0.1) is 0 Å². The monoisotopic (exact) mass is 436 g/mol. The first-order valence-corrected chi connectivity index (χ1v) is 9.95. The van der Waals surface area contributed by atoms with Gasteiger partial charge in [-0.3, -0.25) is 9.59 Å². The molecule has 0 unspecified atom stereocenters. The molecule has 0 bridgehead atoms. The lowest BCUT2D eigenvalue weighted by Crippen LogP contribution is -2.39. The first kappa shape index (κ1) is 21.3. The van der Waals surface area contributed by atoms with E-state index < -0.39 is 0 Å². The van der Waals surface area contributed by atoms with E-state index in [0.717, 1.165) is 18.4 Å². The summed E-state index contributed by atoms with van der Waals surface area (Å²) in [6, 6.07) is 10.1. The molecule has 0 radical (unpaired) electrons. The summed E-state index contributed by atoms with van der Waals surface area (Å²) in [6.07, 6.45) is 1.71. The Morgan fingerprint density at radius 2 is 1.90 bits per heavy atom. The number of benzene rings is 2. The average molecular weight is 437 g/mol. The highest BCUT2D eigenvalue weighted by Gasteiger charge is 2.32. The van der Waals surface area contributed by atoms with Gasteiger partial charge in [0.2, 0.25) is 5.91 Å². The number of rotatable bonds is 6. The Kier molecular flexibility index (Phi) is 6.87. The molecule has 1 fully saturated rings. The van der Waals surface area contributed by atoms with Crippen LogP contribution < -0.4 is 14.8 Å². The number of carbonyl (C=O) groups is 2. The minimum atomic E-state index is -0.380. The van der Waals surface area contributed by atoms with Crippen LogP contribution in [0.4, 0.5) is 0 Å². The zero-order chi connectivity index (χ0) is 21.0. The molecule has 3 rings (SSSR count). The number of nitrogens with zero attached hydrogens (tertiary/aromatic N) is 1. The molecule has 0 aromatic heterocycles. The third-order valence-corrected chi connectivity index (χ3v) is 5.69. The molecule has 1 saturated heterocycles. The quantitative estimate of drug-likeness (QED) is 0.739. The molecule has 29 heavy (non-hydrogen) atoms. The molecule has 1 aliphatic rings. The molecule has 2 aromatic carbocycles. The van der Waals surface area contributed by atoms with Gasteiger partial charge in [0.1, 0.15) is 11.5 Å². The number of nitrogens with one attached hydrogen (secondary N) is 1. The number of ether oxygens (including phenoxy) is 2. The van der Waals surface area contributed by atoms with Gasteiger partial charge in [0.15, 0.2) is 0 Å². The molecule has 6 nitrogen and oxygen atoms in total. The molecule has 0 aliphatic carbocycles. The van der Waals surface area contributed by atoms with Crippen molar-refractivity contribution in [2.24, 2.45) is 0 Å². The van der Waals surface area contributed by atoms with E-state index in [0.29, 0.717) is 28.6 Å². The van der Waals surface area contributed by atoms with Crippen molar-refractivity contribution in [2.45, 2.75) is 18.9 Å².